The summed E-state index contributed by atoms with van der Waals surface area (Å²) in [5, 5.41) is 33.9. The number of nitro benzene ring substituents is 1. The first-order valence-corrected chi connectivity index (χ1v) is 7.06. The second-order valence-electron chi connectivity index (χ2n) is 5.22. The summed E-state index contributed by atoms with van der Waals surface area (Å²) in [6.45, 7) is 0.277. The van der Waals surface area contributed by atoms with Crippen molar-refractivity contribution in [2.75, 3.05) is 18.5 Å². The summed E-state index contributed by atoms with van der Waals surface area (Å²) in [5.74, 6) is -3.90. The Hall–Kier alpha value is -3.55. The molecule has 11 nitrogen and oxygen atoms in total. The van der Waals surface area contributed by atoms with E-state index in [-0.39, 0.29) is 17.9 Å². The predicted octanol–water partition coefficient (Wildman–Crippen LogP) is 0.764. The highest BCUT2D eigenvalue weighted by Crippen LogP contribution is 2.45. The van der Waals surface area contributed by atoms with Gasteiger partial charge in [-0.05, 0) is 13.0 Å². The summed E-state index contributed by atoms with van der Waals surface area (Å²) in [5.41, 5.74) is -2.72. The van der Waals surface area contributed by atoms with E-state index in [1.165, 1.54) is 13.0 Å². The maximum atomic E-state index is 12.5. The Balaban J connectivity index is 2.73. The molecule has 0 radical (unpaired) electrons. The molecule has 1 heterocycles. The molecule has 0 bridgehead atoms. The first-order chi connectivity index (χ1) is 11.8. The Morgan fingerprint density at radius 1 is 1.44 bits per heavy atom. The van der Waals surface area contributed by atoms with Crippen LogP contribution in [-0.2, 0) is 19.7 Å². The Morgan fingerprint density at radius 3 is 2.64 bits per heavy atom. The van der Waals surface area contributed by atoms with Gasteiger partial charge in [-0.3, -0.25) is 29.8 Å². The molecule has 0 aromatic heterocycles. The number of non-ortho nitro benzene ring substituents is 1. The van der Waals surface area contributed by atoms with Crippen molar-refractivity contribution in [2.45, 2.75) is 12.3 Å². The number of nitrogens with one attached hydrogen (secondary N) is 1. The van der Waals surface area contributed by atoms with Crippen molar-refractivity contribution in [1.82, 2.24) is 0 Å². The van der Waals surface area contributed by atoms with E-state index in [4.69, 9.17) is 4.74 Å². The molecule has 130 valence electrons. The molecule has 11 heteroatoms. The van der Waals surface area contributed by atoms with Crippen molar-refractivity contribution >= 4 is 23.3 Å². The van der Waals surface area contributed by atoms with Crippen LogP contribution in [0.4, 0.5) is 11.4 Å². The molecule has 1 aliphatic heterocycles. The van der Waals surface area contributed by atoms with Crippen molar-refractivity contribution < 1.29 is 24.2 Å². The summed E-state index contributed by atoms with van der Waals surface area (Å²) < 4.78 is 4.76. The van der Waals surface area contributed by atoms with E-state index in [1.54, 1.807) is 6.07 Å². The SMILES string of the molecule is CCOC(=O)[C@@H](C#N)[C@]1(C[N+](=O)[O-])C(=O)Nc2ccc([N+](=O)[O-])cc21. The Bertz CT molecular complexity index is 816. The monoisotopic (exact) mass is 348 g/mol. The van der Waals surface area contributed by atoms with Gasteiger partial charge in [-0.25, -0.2) is 0 Å². The minimum atomic E-state index is -2.22. The summed E-state index contributed by atoms with van der Waals surface area (Å²) in [7, 11) is 0. The maximum Gasteiger partial charge on any atom is 0.325 e. The quantitative estimate of drug-likeness (QED) is 0.447. The molecule has 0 fully saturated rings. The molecule has 0 spiro atoms. The van der Waals surface area contributed by atoms with Gasteiger partial charge < -0.3 is 10.1 Å². The maximum absolute atomic E-state index is 12.5. The number of fused-ring (bicyclic) bond motifs is 1. The molecule has 0 aliphatic carbocycles. The number of esters is 1. The van der Waals surface area contributed by atoms with Crippen LogP contribution in [0.3, 0.4) is 0 Å². The van der Waals surface area contributed by atoms with E-state index < -0.39 is 45.3 Å². The van der Waals surface area contributed by atoms with E-state index in [0.717, 1.165) is 12.1 Å². The summed E-state index contributed by atoms with van der Waals surface area (Å²) in [6.07, 6.45) is 0. The average Bonchev–Trinajstić information content (AvgIpc) is 2.80. The number of rotatable bonds is 6. The molecule has 1 amide bonds. The fraction of sp³-hybridized carbons (Fsp3) is 0.357. The zero-order chi connectivity index (χ0) is 18.8. The van der Waals surface area contributed by atoms with Crippen LogP contribution in [0.1, 0.15) is 12.5 Å². The Kier molecular flexibility index (Phi) is 4.64. The van der Waals surface area contributed by atoms with Crippen molar-refractivity contribution in [3.63, 3.8) is 0 Å². The van der Waals surface area contributed by atoms with Gasteiger partial charge in [-0.1, -0.05) is 0 Å². The van der Waals surface area contributed by atoms with Gasteiger partial charge in [0.25, 0.3) is 5.69 Å². The third-order valence-corrected chi connectivity index (χ3v) is 3.87. The van der Waals surface area contributed by atoms with Crippen LogP contribution < -0.4 is 5.32 Å². The molecule has 1 aliphatic rings. The van der Waals surface area contributed by atoms with E-state index in [9.17, 15) is 35.1 Å². The van der Waals surface area contributed by atoms with Crippen LogP contribution in [0.25, 0.3) is 0 Å². The van der Waals surface area contributed by atoms with Gasteiger partial charge in [0, 0.05) is 28.3 Å². The summed E-state index contributed by atoms with van der Waals surface area (Å²) in [4.78, 5) is 45.2. The van der Waals surface area contributed by atoms with Gasteiger partial charge in [0.15, 0.2) is 11.3 Å². The van der Waals surface area contributed by atoms with E-state index >= 15 is 0 Å². The second kappa shape index (κ2) is 6.52. The van der Waals surface area contributed by atoms with E-state index in [2.05, 4.69) is 5.32 Å². The Morgan fingerprint density at radius 2 is 2.12 bits per heavy atom. The minimum absolute atomic E-state index is 0.0713. The number of hydrogen-bond donors (Lipinski definition) is 1. The molecule has 25 heavy (non-hydrogen) atoms. The molecule has 2 rings (SSSR count). The van der Waals surface area contributed by atoms with Crippen molar-refractivity contribution in [3.05, 3.63) is 44.0 Å². The van der Waals surface area contributed by atoms with Gasteiger partial charge in [-0.2, -0.15) is 5.26 Å². The second-order valence-corrected chi connectivity index (χ2v) is 5.22. The lowest BCUT2D eigenvalue weighted by molar-refractivity contribution is -0.488. The van der Waals surface area contributed by atoms with Crippen LogP contribution >= 0.6 is 0 Å². The van der Waals surface area contributed by atoms with Crippen molar-refractivity contribution in [2.24, 2.45) is 5.92 Å². The molecule has 2 atom stereocenters. The van der Waals surface area contributed by atoms with Crippen molar-refractivity contribution in [1.29, 1.82) is 5.26 Å². The number of carbonyl (C=O) groups is 2. The van der Waals surface area contributed by atoms with Gasteiger partial charge in [0.2, 0.25) is 12.5 Å². The molecule has 0 saturated heterocycles. The van der Waals surface area contributed by atoms with Crippen molar-refractivity contribution in [3.8, 4) is 6.07 Å². The van der Waals surface area contributed by atoms with Crippen LogP contribution in [0.15, 0.2) is 18.2 Å². The first-order valence-electron chi connectivity index (χ1n) is 7.06. The lowest BCUT2D eigenvalue weighted by Crippen LogP contribution is -2.50. The highest BCUT2D eigenvalue weighted by atomic mass is 16.6. The smallest absolute Gasteiger partial charge is 0.325 e. The Labute approximate surface area is 140 Å². The molecule has 1 N–H and O–H groups in total. The third-order valence-electron chi connectivity index (χ3n) is 3.87. The highest BCUT2D eigenvalue weighted by molar-refractivity contribution is 6.09. The molecule has 0 unspecified atom stereocenters. The van der Waals surface area contributed by atoms with Gasteiger partial charge in [0.1, 0.15) is 0 Å². The number of nitrogens with zero attached hydrogens (tertiary/aromatic N) is 3. The molecular weight excluding hydrogens is 336 g/mol. The number of ether oxygens (including phenoxy) is 1. The average molecular weight is 348 g/mol. The topological polar surface area (TPSA) is 165 Å². The first kappa shape index (κ1) is 17.8. The lowest BCUT2D eigenvalue weighted by atomic mass is 9.71. The molecule has 0 saturated carbocycles. The van der Waals surface area contributed by atoms with Gasteiger partial charge in [-0.15, -0.1) is 0 Å². The number of amides is 1. The molecule has 1 aromatic carbocycles. The van der Waals surface area contributed by atoms with Crippen LogP contribution in [-0.4, -0.2) is 34.9 Å². The zero-order valence-corrected chi connectivity index (χ0v) is 12.9. The number of anilines is 1. The normalized spacial score (nSPS) is 19.3. The lowest BCUT2D eigenvalue weighted by Gasteiger charge is -2.26. The largest absolute Gasteiger partial charge is 0.465 e. The number of nitro groups is 2. The fourth-order valence-electron chi connectivity index (χ4n) is 2.81. The van der Waals surface area contributed by atoms with Crippen LogP contribution in [0.5, 0.6) is 0 Å². The minimum Gasteiger partial charge on any atom is -0.465 e. The van der Waals surface area contributed by atoms with Crippen LogP contribution in [0.2, 0.25) is 0 Å². The standard InChI is InChI=1S/C14H12N4O7/c1-2-25-12(19)10(6-15)14(7-17(21)22)9-5-8(18(23)24)3-4-11(9)16-13(14)20/h3-5,10H,2,7H2,1H3,(H,16,20)/t10-,14-/m1/s1. The number of carbonyl (C=O) groups excluding carboxylic acids is 2. The van der Waals surface area contributed by atoms with Gasteiger partial charge >= 0.3 is 5.97 Å². The summed E-state index contributed by atoms with van der Waals surface area (Å²) in [6, 6.07) is 4.85. The highest BCUT2D eigenvalue weighted by Gasteiger charge is 2.60. The molecular formula is C14H12N4O7. The zero-order valence-electron chi connectivity index (χ0n) is 12.9. The number of nitriles is 1. The van der Waals surface area contributed by atoms with Crippen LogP contribution in [0, 0.1) is 37.5 Å². The number of benzene rings is 1. The van der Waals surface area contributed by atoms with Gasteiger partial charge in [0.05, 0.1) is 17.6 Å². The number of hydrogen-bond acceptors (Lipinski definition) is 8. The van der Waals surface area contributed by atoms with E-state index in [1.807, 2.05) is 0 Å². The fourth-order valence-corrected chi connectivity index (χ4v) is 2.81. The van der Waals surface area contributed by atoms with E-state index in [0.29, 0.717) is 0 Å². The molecule has 1 aromatic rings. The summed E-state index contributed by atoms with van der Waals surface area (Å²) >= 11 is 0. The predicted molar refractivity (Wildman–Crippen MR) is 81.0 cm³/mol. The third kappa shape index (κ3) is 2.85.